The van der Waals surface area contributed by atoms with Gasteiger partial charge in [0.1, 0.15) is 0 Å². The quantitative estimate of drug-likeness (QED) is 0.539. The minimum absolute atomic E-state index is 0.525. The van der Waals surface area contributed by atoms with Gasteiger partial charge in [-0.2, -0.15) is 10.1 Å². The molecule has 0 unspecified atom stereocenters. The molecule has 0 N–H and O–H groups in total. The van der Waals surface area contributed by atoms with Crippen LogP contribution in [-0.2, 0) is 0 Å². The van der Waals surface area contributed by atoms with E-state index in [1.165, 1.54) is 0 Å². The lowest BCUT2D eigenvalue weighted by Gasteiger charge is -2.15. The van der Waals surface area contributed by atoms with Crippen LogP contribution in [0.3, 0.4) is 0 Å². The van der Waals surface area contributed by atoms with Gasteiger partial charge in [-0.3, -0.25) is 9.97 Å². The second-order valence-electron chi connectivity index (χ2n) is 5.27. The third-order valence-corrected chi connectivity index (χ3v) is 3.56. The number of rotatable bonds is 4. The van der Waals surface area contributed by atoms with Crippen molar-refractivity contribution in [3.8, 4) is 22.5 Å². The van der Waals surface area contributed by atoms with Crippen molar-refractivity contribution in [3.63, 3.8) is 0 Å². The first-order valence-corrected chi connectivity index (χ1v) is 7.76. The van der Waals surface area contributed by atoms with E-state index in [2.05, 4.69) is 20.4 Å². The Bertz CT molecular complexity index is 959. The number of hydrogen-bond donors (Lipinski definition) is 0. The highest BCUT2D eigenvalue weighted by Crippen LogP contribution is 2.29. The molecular formula is C19H14N6. The first-order valence-electron chi connectivity index (χ1n) is 7.76. The van der Waals surface area contributed by atoms with E-state index in [9.17, 15) is 0 Å². The molecule has 0 amide bonds. The van der Waals surface area contributed by atoms with Crippen molar-refractivity contribution in [1.29, 1.82) is 0 Å². The Labute approximate surface area is 144 Å². The van der Waals surface area contributed by atoms with E-state index in [1.54, 1.807) is 35.7 Å². The molecule has 0 aromatic carbocycles. The highest BCUT2D eigenvalue weighted by Gasteiger charge is 2.08. The Morgan fingerprint density at radius 2 is 1.48 bits per heavy atom. The summed E-state index contributed by atoms with van der Waals surface area (Å²) in [4.78, 5) is 17.6. The monoisotopic (exact) mass is 326 g/mol. The van der Waals surface area contributed by atoms with Crippen molar-refractivity contribution in [1.82, 2.24) is 19.9 Å². The minimum atomic E-state index is 0.525. The minimum Gasteiger partial charge on any atom is -0.435 e. The molecule has 0 radical (unpaired) electrons. The highest BCUT2D eigenvalue weighted by atomic mass is 15.4. The van der Waals surface area contributed by atoms with Crippen LogP contribution in [0.1, 0.15) is 0 Å². The van der Waals surface area contributed by atoms with Gasteiger partial charge in [0.2, 0.25) is 0 Å². The summed E-state index contributed by atoms with van der Waals surface area (Å²) in [5, 5.41) is 0. The molecule has 4 aromatic heterocycles. The fourth-order valence-corrected chi connectivity index (χ4v) is 2.37. The van der Waals surface area contributed by atoms with Gasteiger partial charge in [-0.1, -0.05) is 12.3 Å². The number of pyridine rings is 3. The van der Waals surface area contributed by atoms with E-state index in [-0.39, 0.29) is 0 Å². The van der Waals surface area contributed by atoms with Crippen LogP contribution in [0.25, 0.3) is 27.9 Å². The van der Waals surface area contributed by atoms with E-state index >= 15 is 0 Å². The summed E-state index contributed by atoms with van der Waals surface area (Å²) in [5.74, 6) is 0.525. The van der Waals surface area contributed by atoms with Gasteiger partial charge in [0.15, 0.2) is 12.4 Å². The van der Waals surface area contributed by atoms with E-state index in [0.29, 0.717) is 11.5 Å². The number of aromatic nitrogens is 5. The van der Waals surface area contributed by atoms with Crippen LogP contribution in [0.2, 0.25) is 0 Å². The Hall–Kier alpha value is -3.67. The maximum atomic E-state index is 4.76. The molecule has 0 saturated heterocycles. The van der Waals surface area contributed by atoms with Crippen molar-refractivity contribution in [3.05, 3.63) is 91.3 Å². The molecule has 6 heteroatoms. The van der Waals surface area contributed by atoms with Crippen LogP contribution in [0.15, 0.2) is 85.8 Å². The van der Waals surface area contributed by atoms with Crippen LogP contribution in [-0.4, -0.2) is 19.9 Å². The fraction of sp³-hybridized carbons (Fsp3) is 0. The van der Waals surface area contributed by atoms with Crippen LogP contribution >= 0.6 is 0 Å². The summed E-state index contributed by atoms with van der Waals surface area (Å²) in [5.41, 5.74) is 7.72. The zero-order valence-corrected chi connectivity index (χ0v) is 13.3. The molecule has 120 valence electrons. The van der Waals surface area contributed by atoms with Crippen LogP contribution in [0.4, 0.5) is 5.82 Å². The molecule has 4 heterocycles. The number of hydrogen-bond acceptors (Lipinski definition) is 4. The third kappa shape index (κ3) is 3.32. The highest BCUT2D eigenvalue weighted by molar-refractivity contribution is 5.74. The molecule has 0 saturated carbocycles. The number of nitrogens with zero attached hydrogens (tertiary/aromatic N) is 6. The molecule has 0 fully saturated rings. The largest absolute Gasteiger partial charge is 0.435 e. The Balaban J connectivity index is 1.81. The van der Waals surface area contributed by atoms with Gasteiger partial charge in [0, 0.05) is 53.9 Å². The molecule has 6 nitrogen and oxygen atoms in total. The molecule has 0 spiro atoms. The van der Waals surface area contributed by atoms with Gasteiger partial charge < -0.3 is 4.98 Å². The van der Waals surface area contributed by atoms with Gasteiger partial charge in [0.05, 0.1) is 11.4 Å². The molecule has 4 aromatic rings. The van der Waals surface area contributed by atoms with Crippen LogP contribution < -0.4 is 4.68 Å². The second-order valence-corrected chi connectivity index (χ2v) is 5.27. The maximum Gasteiger partial charge on any atom is 0.182 e. The Morgan fingerprint density at radius 1 is 0.760 bits per heavy atom. The molecule has 0 atom stereocenters. The molecule has 0 aliphatic heterocycles. The third-order valence-electron chi connectivity index (χ3n) is 3.56. The normalized spacial score (nSPS) is 10.4. The van der Waals surface area contributed by atoms with Crippen molar-refractivity contribution < 1.29 is 4.68 Å². The maximum absolute atomic E-state index is 4.76. The molecule has 4 rings (SSSR count). The van der Waals surface area contributed by atoms with E-state index in [0.717, 1.165) is 16.8 Å². The smallest absolute Gasteiger partial charge is 0.182 e. The van der Waals surface area contributed by atoms with E-state index < -0.39 is 0 Å². The first kappa shape index (κ1) is 14.9. The SMILES string of the molecule is c1cc[n+]([N-]c2ncc(-c3cccnc3)nc2-c2cccnc2)cc1. The summed E-state index contributed by atoms with van der Waals surface area (Å²) in [6.45, 7) is 0. The van der Waals surface area contributed by atoms with Crippen molar-refractivity contribution in [2.75, 3.05) is 0 Å². The first-order chi connectivity index (χ1) is 12.4. The summed E-state index contributed by atoms with van der Waals surface area (Å²) < 4.78 is 1.70. The predicted molar refractivity (Wildman–Crippen MR) is 93.5 cm³/mol. The summed E-state index contributed by atoms with van der Waals surface area (Å²) >= 11 is 0. The Kier molecular flexibility index (Phi) is 4.07. The lowest BCUT2D eigenvalue weighted by molar-refractivity contribution is -0.619. The van der Waals surface area contributed by atoms with Gasteiger partial charge in [0.25, 0.3) is 0 Å². The van der Waals surface area contributed by atoms with Crippen LogP contribution in [0, 0.1) is 0 Å². The zero-order chi connectivity index (χ0) is 16.9. The molecule has 25 heavy (non-hydrogen) atoms. The van der Waals surface area contributed by atoms with Crippen molar-refractivity contribution in [2.45, 2.75) is 0 Å². The van der Waals surface area contributed by atoms with Gasteiger partial charge in [-0.25, -0.2) is 4.98 Å². The molecule has 0 aliphatic rings. The zero-order valence-electron chi connectivity index (χ0n) is 13.3. The van der Waals surface area contributed by atoms with Crippen molar-refractivity contribution in [2.24, 2.45) is 0 Å². The lowest BCUT2D eigenvalue weighted by Crippen LogP contribution is -2.26. The van der Waals surface area contributed by atoms with Crippen molar-refractivity contribution >= 4 is 5.82 Å². The average molecular weight is 326 g/mol. The topological polar surface area (TPSA) is 69.5 Å². The molecule has 0 aliphatic carbocycles. The fourth-order valence-electron chi connectivity index (χ4n) is 2.37. The summed E-state index contributed by atoms with van der Waals surface area (Å²) in [6, 6.07) is 13.4. The average Bonchev–Trinajstić information content (AvgIpc) is 2.70. The summed E-state index contributed by atoms with van der Waals surface area (Å²) in [6.07, 6.45) is 12.4. The van der Waals surface area contributed by atoms with Gasteiger partial charge in [-0.05, 0) is 24.3 Å². The standard InChI is InChI=1S/C19H14N6/c1-2-10-25(11-3-1)24-19-18(16-7-5-9-21-13-16)23-17(14-22-19)15-6-4-8-20-12-15/h1-14H. The van der Waals surface area contributed by atoms with E-state index in [1.807, 2.05) is 54.9 Å². The molecular weight excluding hydrogens is 312 g/mol. The van der Waals surface area contributed by atoms with Gasteiger partial charge in [-0.15, -0.1) is 0 Å². The second kappa shape index (κ2) is 6.84. The van der Waals surface area contributed by atoms with E-state index in [4.69, 9.17) is 4.98 Å². The van der Waals surface area contributed by atoms with Crippen LogP contribution in [0.5, 0.6) is 0 Å². The Morgan fingerprint density at radius 3 is 2.16 bits per heavy atom. The lowest BCUT2D eigenvalue weighted by atomic mass is 10.1. The summed E-state index contributed by atoms with van der Waals surface area (Å²) in [7, 11) is 0. The molecule has 0 bridgehead atoms. The predicted octanol–water partition coefficient (Wildman–Crippen LogP) is 3.36. The van der Waals surface area contributed by atoms with Gasteiger partial charge >= 0.3 is 0 Å².